The van der Waals surface area contributed by atoms with Crippen LogP contribution in [0.2, 0.25) is 0 Å². The molecule has 7 heteroatoms. The second-order valence-corrected chi connectivity index (χ2v) is 7.43. The molecule has 1 aliphatic rings. The number of hydrogen-bond donors (Lipinski definition) is 1. The van der Waals surface area contributed by atoms with Gasteiger partial charge in [0.2, 0.25) is 0 Å². The number of imidazole rings is 1. The van der Waals surface area contributed by atoms with Crippen molar-refractivity contribution in [1.29, 1.82) is 0 Å². The summed E-state index contributed by atoms with van der Waals surface area (Å²) in [6, 6.07) is 0. The van der Waals surface area contributed by atoms with Gasteiger partial charge < -0.3 is 9.84 Å². The van der Waals surface area contributed by atoms with Gasteiger partial charge in [0.15, 0.2) is 11.1 Å². The first-order valence-electron chi connectivity index (χ1n) is 7.91. The van der Waals surface area contributed by atoms with E-state index in [1.54, 1.807) is 11.3 Å². The van der Waals surface area contributed by atoms with E-state index in [0.717, 1.165) is 43.1 Å². The number of esters is 1. The minimum atomic E-state index is -0.995. The summed E-state index contributed by atoms with van der Waals surface area (Å²) >= 11 is 1.71. The molecule has 6 nitrogen and oxygen atoms in total. The lowest BCUT2D eigenvalue weighted by molar-refractivity contribution is -0.154. The van der Waals surface area contributed by atoms with Gasteiger partial charge in [-0.1, -0.05) is 0 Å². The van der Waals surface area contributed by atoms with Crippen molar-refractivity contribution in [2.75, 3.05) is 20.2 Å². The number of fused-ring (bicyclic) bond motifs is 1. The molecule has 1 fully saturated rings. The lowest BCUT2D eigenvalue weighted by atomic mass is 9.91. The molecule has 3 rings (SSSR count). The zero-order chi connectivity index (χ0) is 16.6. The third-order valence-electron chi connectivity index (χ3n) is 4.64. The van der Waals surface area contributed by atoms with E-state index in [9.17, 15) is 9.90 Å². The van der Waals surface area contributed by atoms with Gasteiger partial charge in [-0.25, -0.2) is 9.78 Å². The SMILES string of the molecule is COC(=O)C(O)C1CCN(Cc2c(C)nc3sc(C)cn23)CC1. The molecule has 126 valence electrons. The summed E-state index contributed by atoms with van der Waals surface area (Å²) in [4.78, 5) is 20.7. The maximum Gasteiger partial charge on any atom is 0.334 e. The van der Waals surface area contributed by atoms with E-state index in [2.05, 4.69) is 39.1 Å². The van der Waals surface area contributed by atoms with Crippen LogP contribution >= 0.6 is 11.3 Å². The van der Waals surface area contributed by atoms with Gasteiger partial charge in [0.05, 0.1) is 18.5 Å². The molecule has 0 radical (unpaired) electrons. The number of ether oxygens (including phenoxy) is 1. The molecular weight excluding hydrogens is 314 g/mol. The molecule has 3 heterocycles. The first-order chi connectivity index (χ1) is 11.0. The van der Waals surface area contributed by atoms with Crippen LogP contribution in [0.4, 0.5) is 0 Å². The molecule has 2 aromatic heterocycles. The molecule has 1 atom stereocenters. The highest BCUT2D eigenvalue weighted by molar-refractivity contribution is 7.17. The highest BCUT2D eigenvalue weighted by Gasteiger charge is 2.30. The van der Waals surface area contributed by atoms with Crippen molar-refractivity contribution in [3.8, 4) is 0 Å². The standard InChI is InChI=1S/C16H23N3O3S/c1-10-8-19-13(11(2)17-16(19)23-10)9-18-6-4-12(5-7-18)14(20)15(21)22-3/h8,12,14,20H,4-7,9H2,1-3H3. The molecule has 23 heavy (non-hydrogen) atoms. The largest absolute Gasteiger partial charge is 0.467 e. The maximum absolute atomic E-state index is 11.4. The minimum absolute atomic E-state index is 0.00588. The van der Waals surface area contributed by atoms with Gasteiger partial charge in [-0.3, -0.25) is 9.30 Å². The second kappa shape index (κ2) is 6.59. The average Bonchev–Trinajstić information content (AvgIpc) is 3.03. The Labute approximate surface area is 139 Å². The van der Waals surface area contributed by atoms with Gasteiger partial charge >= 0.3 is 5.97 Å². The van der Waals surface area contributed by atoms with Crippen LogP contribution < -0.4 is 0 Å². The number of thiazole rings is 1. The number of likely N-dealkylation sites (tertiary alicyclic amines) is 1. The average molecular weight is 337 g/mol. The van der Waals surface area contributed by atoms with Crippen molar-refractivity contribution in [1.82, 2.24) is 14.3 Å². The van der Waals surface area contributed by atoms with Crippen molar-refractivity contribution in [3.63, 3.8) is 0 Å². The molecule has 1 saturated heterocycles. The molecule has 0 aliphatic carbocycles. The number of aryl methyl sites for hydroxylation is 2. The number of methoxy groups -OCH3 is 1. The molecule has 1 unspecified atom stereocenters. The molecule has 0 saturated carbocycles. The van der Waals surface area contributed by atoms with Crippen LogP contribution in [0.1, 0.15) is 29.1 Å². The Bertz CT molecular complexity index is 701. The predicted molar refractivity (Wildman–Crippen MR) is 88.6 cm³/mol. The summed E-state index contributed by atoms with van der Waals surface area (Å²) in [7, 11) is 1.32. The van der Waals surface area contributed by atoms with E-state index in [1.807, 2.05) is 0 Å². The number of aliphatic hydroxyl groups excluding tert-OH is 1. The fourth-order valence-corrected chi connectivity index (χ4v) is 4.14. The first kappa shape index (κ1) is 16.4. The monoisotopic (exact) mass is 337 g/mol. The molecule has 0 aromatic carbocycles. The fraction of sp³-hybridized carbons (Fsp3) is 0.625. The summed E-state index contributed by atoms with van der Waals surface area (Å²) in [6.45, 7) is 6.74. The normalized spacial score (nSPS) is 18.4. The summed E-state index contributed by atoms with van der Waals surface area (Å²) in [6.07, 6.45) is 2.76. The number of aliphatic hydroxyl groups is 1. The third-order valence-corrected chi connectivity index (χ3v) is 5.53. The summed E-state index contributed by atoms with van der Waals surface area (Å²) in [5, 5.41) is 9.97. The smallest absolute Gasteiger partial charge is 0.334 e. The number of carbonyl (C=O) groups is 1. The first-order valence-corrected chi connectivity index (χ1v) is 8.73. The number of piperidine rings is 1. The number of aromatic nitrogens is 2. The molecule has 0 bridgehead atoms. The Balaban J connectivity index is 1.64. The van der Waals surface area contributed by atoms with Gasteiger partial charge in [-0.15, -0.1) is 11.3 Å². The van der Waals surface area contributed by atoms with Crippen molar-refractivity contribution in [2.24, 2.45) is 5.92 Å². The molecule has 1 aliphatic heterocycles. The topological polar surface area (TPSA) is 67.1 Å². The number of carbonyl (C=O) groups excluding carboxylic acids is 1. The van der Waals surface area contributed by atoms with Gasteiger partial charge in [0, 0.05) is 17.6 Å². The lowest BCUT2D eigenvalue weighted by Crippen LogP contribution is -2.40. The Kier molecular flexibility index (Phi) is 4.70. The van der Waals surface area contributed by atoms with Crippen LogP contribution in [-0.4, -0.2) is 51.7 Å². The summed E-state index contributed by atoms with van der Waals surface area (Å²) in [5.41, 5.74) is 2.31. The van der Waals surface area contributed by atoms with Crippen LogP contribution in [0.5, 0.6) is 0 Å². The fourth-order valence-electron chi connectivity index (χ4n) is 3.25. The van der Waals surface area contributed by atoms with Crippen molar-refractivity contribution >= 4 is 22.3 Å². The van der Waals surface area contributed by atoms with Gasteiger partial charge in [-0.05, 0) is 45.7 Å². The van der Waals surface area contributed by atoms with Crippen LogP contribution in [0.25, 0.3) is 4.96 Å². The minimum Gasteiger partial charge on any atom is -0.467 e. The number of hydrogen-bond acceptors (Lipinski definition) is 6. The van der Waals surface area contributed by atoms with Crippen LogP contribution in [0, 0.1) is 19.8 Å². The highest BCUT2D eigenvalue weighted by Crippen LogP contribution is 2.25. The van der Waals surface area contributed by atoms with E-state index >= 15 is 0 Å². The van der Waals surface area contributed by atoms with Gasteiger partial charge in [0.25, 0.3) is 0 Å². The Morgan fingerprint density at radius 3 is 2.83 bits per heavy atom. The van der Waals surface area contributed by atoms with Crippen molar-refractivity contribution in [3.05, 3.63) is 22.5 Å². The Morgan fingerprint density at radius 1 is 1.48 bits per heavy atom. The second-order valence-electron chi connectivity index (χ2n) is 6.22. The maximum atomic E-state index is 11.4. The van der Waals surface area contributed by atoms with E-state index < -0.39 is 12.1 Å². The lowest BCUT2D eigenvalue weighted by Gasteiger charge is -2.33. The van der Waals surface area contributed by atoms with Gasteiger partial charge in [-0.2, -0.15) is 0 Å². The zero-order valence-electron chi connectivity index (χ0n) is 13.8. The molecule has 0 amide bonds. The van der Waals surface area contributed by atoms with E-state index in [-0.39, 0.29) is 5.92 Å². The van der Waals surface area contributed by atoms with Gasteiger partial charge in [0.1, 0.15) is 0 Å². The third kappa shape index (κ3) is 3.27. The highest BCUT2D eigenvalue weighted by atomic mass is 32.1. The van der Waals surface area contributed by atoms with E-state index in [0.29, 0.717) is 0 Å². The molecule has 0 spiro atoms. The van der Waals surface area contributed by atoms with Crippen LogP contribution in [0.15, 0.2) is 6.20 Å². The predicted octanol–water partition coefficient (Wildman–Crippen LogP) is 1.76. The molecule has 2 aromatic rings. The van der Waals surface area contributed by atoms with E-state index in [1.165, 1.54) is 17.7 Å². The quantitative estimate of drug-likeness (QED) is 0.861. The van der Waals surface area contributed by atoms with Crippen LogP contribution in [0.3, 0.4) is 0 Å². The molecular formula is C16H23N3O3S. The summed E-state index contributed by atoms with van der Waals surface area (Å²) < 4.78 is 6.82. The Hall–Kier alpha value is -1.44. The summed E-state index contributed by atoms with van der Waals surface area (Å²) in [5.74, 6) is -0.529. The number of nitrogens with zero attached hydrogens (tertiary/aromatic N) is 3. The Morgan fingerprint density at radius 2 is 2.17 bits per heavy atom. The van der Waals surface area contributed by atoms with Crippen LogP contribution in [-0.2, 0) is 16.1 Å². The van der Waals surface area contributed by atoms with Crippen molar-refractivity contribution in [2.45, 2.75) is 39.3 Å². The van der Waals surface area contributed by atoms with Crippen molar-refractivity contribution < 1.29 is 14.6 Å². The number of rotatable bonds is 4. The van der Waals surface area contributed by atoms with E-state index in [4.69, 9.17) is 0 Å². The molecule has 1 N–H and O–H groups in total. The zero-order valence-corrected chi connectivity index (χ0v) is 14.6.